The summed E-state index contributed by atoms with van der Waals surface area (Å²) in [5.41, 5.74) is 7.48. The van der Waals surface area contributed by atoms with Crippen molar-refractivity contribution < 1.29 is 0 Å². The Kier molecular flexibility index (Phi) is 5.85. The van der Waals surface area contributed by atoms with Crippen molar-refractivity contribution in [2.75, 3.05) is 4.90 Å². The van der Waals surface area contributed by atoms with Crippen LogP contribution in [0.25, 0.3) is 52.2 Å². The molecule has 0 bridgehead atoms. The maximum atomic E-state index is 4.73. The Labute approximate surface area is 258 Å². The second-order valence-electron chi connectivity index (χ2n) is 11.4. The molecule has 0 fully saturated rings. The first-order valence-electron chi connectivity index (χ1n) is 15.0. The summed E-state index contributed by atoms with van der Waals surface area (Å²) in [5.74, 6) is 0. The Hall–Kier alpha value is -4.51. The number of anilines is 3. The molecular formula is C39H28N2S2. The molecule has 0 N–H and O–H groups in total. The van der Waals surface area contributed by atoms with Gasteiger partial charge in [0.05, 0.1) is 0 Å². The van der Waals surface area contributed by atoms with Gasteiger partial charge < -0.3 is 4.90 Å². The van der Waals surface area contributed by atoms with Gasteiger partial charge in [-0.15, -0.1) is 22.7 Å². The van der Waals surface area contributed by atoms with Gasteiger partial charge in [0.25, 0.3) is 0 Å². The maximum Gasteiger partial charge on any atom is 0.0468 e. The molecule has 1 aliphatic carbocycles. The Morgan fingerprint density at radius 1 is 0.581 bits per heavy atom. The van der Waals surface area contributed by atoms with Crippen LogP contribution in [-0.4, -0.2) is 4.98 Å². The lowest BCUT2D eigenvalue weighted by Crippen LogP contribution is -2.09. The van der Waals surface area contributed by atoms with Gasteiger partial charge in [-0.3, -0.25) is 4.98 Å². The number of pyridine rings is 1. The average molecular weight is 589 g/mol. The van der Waals surface area contributed by atoms with Gasteiger partial charge in [-0.2, -0.15) is 0 Å². The summed E-state index contributed by atoms with van der Waals surface area (Å²) in [5, 5.41) is 6.54. The van der Waals surface area contributed by atoms with E-state index in [9.17, 15) is 0 Å². The Bertz CT molecular complexity index is 2290. The topological polar surface area (TPSA) is 16.1 Å². The quantitative estimate of drug-likeness (QED) is 0.203. The van der Waals surface area contributed by atoms with Crippen molar-refractivity contribution in [2.45, 2.75) is 25.7 Å². The van der Waals surface area contributed by atoms with Crippen molar-refractivity contribution in [1.29, 1.82) is 0 Å². The smallest absolute Gasteiger partial charge is 0.0468 e. The van der Waals surface area contributed by atoms with Crippen LogP contribution < -0.4 is 4.90 Å². The van der Waals surface area contributed by atoms with E-state index in [2.05, 4.69) is 114 Å². The van der Waals surface area contributed by atoms with E-state index < -0.39 is 0 Å². The van der Waals surface area contributed by atoms with Crippen LogP contribution >= 0.6 is 22.7 Å². The molecule has 0 spiro atoms. The first-order valence-corrected chi connectivity index (χ1v) is 16.6. The zero-order chi connectivity index (χ0) is 28.3. The fourth-order valence-corrected chi connectivity index (χ4v) is 9.37. The van der Waals surface area contributed by atoms with E-state index in [1.807, 2.05) is 35.1 Å². The number of hydrogen-bond donors (Lipinski definition) is 0. The molecule has 3 aromatic heterocycles. The molecule has 0 unspecified atom stereocenters. The highest BCUT2D eigenvalue weighted by Crippen LogP contribution is 2.44. The Morgan fingerprint density at radius 2 is 1.35 bits per heavy atom. The molecule has 206 valence electrons. The Balaban J connectivity index is 1.16. The standard InChI is InChI=1S/C39H28N2S2/c1-2-9-27(10-3-1)41(29-19-21-36-32(22-29)31-12-6-7-13-35(31)42-36)28-17-14-26(15-18-28)33-23-40-24-34-38-30-11-5-4-8-25(30)16-20-37(38)43-39(33)34/h1-5,8-11,14-24H,6-7,12-13H2. The zero-order valence-corrected chi connectivity index (χ0v) is 25.2. The molecule has 1 aliphatic rings. The van der Waals surface area contributed by atoms with Crippen molar-refractivity contribution in [3.63, 3.8) is 0 Å². The molecular weight excluding hydrogens is 561 g/mol. The lowest BCUT2D eigenvalue weighted by Gasteiger charge is -2.26. The Morgan fingerprint density at radius 3 is 2.26 bits per heavy atom. The molecule has 2 nitrogen and oxygen atoms in total. The van der Waals surface area contributed by atoms with Gasteiger partial charge >= 0.3 is 0 Å². The van der Waals surface area contributed by atoms with E-state index in [0.717, 1.165) is 5.69 Å². The number of rotatable bonds is 4. The fraction of sp³-hybridized carbons (Fsp3) is 0.103. The van der Waals surface area contributed by atoms with Crippen LogP contribution in [0.15, 0.2) is 122 Å². The minimum Gasteiger partial charge on any atom is -0.310 e. The first-order chi connectivity index (χ1) is 21.3. The van der Waals surface area contributed by atoms with E-state index in [0.29, 0.717) is 0 Å². The number of aryl methyl sites for hydroxylation is 2. The van der Waals surface area contributed by atoms with Crippen LogP contribution in [0.4, 0.5) is 17.1 Å². The summed E-state index contributed by atoms with van der Waals surface area (Å²) in [6.07, 6.45) is 9.10. The first kappa shape index (κ1) is 25.0. The van der Waals surface area contributed by atoms with Crippen LogP contribution in [-0.2, 0) is 12.8 Å². The predicted molar refractivity (Wildman–Crippen MR) is 187 cm³/mol. The van der Waals surface area contributed by atoms with E-state index in [1.165, 1.54) is 89.2 Å². The van der Waals surface area contributed by atoms with Crippen molar-refractivity contribution in [3.8, 4) is 11.1 Å². The molecule has 9 rings (SSSR count). The highest BCUT2D eigenvalue weighted by molar-refractivity contribution is 7.26. The van der Waals surface area contributed by atoms with Gasteiger partial charge in [0.1, 0.15) is 0 Å². The van der Waals surface area contributed by atoms with Crippen molar-refractivity contribution in [2.24, 2.45) is 0 Å². The second kappa shape index (κ2) is 10.0. The van der Waals surface area contributed by atoms with Crippen molar-refractivity contribution in [3.05, 3.63) is 132 Å². The third kappa shape index (κ3) is 4.09. The molecule has 4 heteroatoms. The third-order valence-corrected chi connectivity index (χ3v) is 11.4. The summed E-state index contributed by atoms with van der Waals surface area (Å²) >= 11 is 3.86. The minimum absolute atomic E-state index is 1.15. The SMILES string of the molecule is c1ccc(N(c2ccc(-c3cncc4c3sc3ccc5ccccc5c34)cc2)c2ccc3sc4c(c3c2)CCCC4)cc1. The lowest BCUT2D eigenvalue weighted by molar-refractivity contribution is 0.700. The second-order valence-corrected chi connectivity index (χ2v) is 13.6. The van der Waals surface area contributed by atoms with Crippen LogP contribution in [0.3, 0.4) is 0 Å². The molecule has 0 saturated heterocycles. The number of thiophene rings is 2. The van der Waals surface area contributed by atoms with Crippen LogP contribution in [0, 0.1) is 0 Å². The molecule has 0 aliphatic heterocycles. The number of aromatic nitrogens is 1. The van der Waals surface area contributed by atoms with Gasteiger partial charge in [0.2, 0.25) is 0 Å². The van der Waals surface area contributed by atoms with Gasteiger partial charge in [-0.05, 0) is 101 Å². The average Bonchev–Trinajstić information content (AvgIpc) is 3.64. The molecule has 3 heterocycles. The zero-order valence-electron chi connectivity index (χ0n) is 23.6. The highest BCUT2D eigenvalue weighted by atomic mass is 32.1. The minimum atomic E-state index is 1.15. The van der Waals surface area contributed by atoms with Crippen LogP contribution in [0.5, 0.6) is 0 Å². The summed E-state index contributed by atoms with van der Waals surface area (Å²) < 4.78 is 4.01. The van der Waals surface area contributed by atoms with E-state index in [4.69, 9.17) is 4.98 Å². The monoisotopic (exact) mass is 588 g/mol. The number of benzene rings is 5. The van der Waals surface area contributed by atoms with E-state index in [-0.39, 0.29) is 0 Å². The van der Waals surface area contributed by atoms with Crippen molar-refractivity contribution in [1.82, 2.24) is 4.98 Å². The molecule has 0 radical (unpaired) electrons. The number of hydrogen-bond acceptors (Lipinski definition) is 4. The molecule has 0 amide bonds. The molecule has 5 aromatic carbocycles. The number of para-hydroxylation sites is 1. The number of fused-ring (bicyclic) bond motifs is 8. The third-order valence-electron chi connectivity index (χ3n) is 8.92. The maximum absolute atomic E-state index is 4.73. The van der Waals surface area contributed by atoms with E-state index in [1.54, 1.807) is 10.4 Å². The molecule has 8 aromatic rings. The molecule has 43 heavy (non-hydrogen) atoms. The normalized spacial score (nSPS) is 13.2. The fourth-order valence-electron chi connectivity index (χ4n) is 6.87. The van der Waals surface area contributed by atoms with E-state index >= 15 is 0 Å². The summed E-state index contributed by atoms with van der Waals surface area (Å²) in [6.45, 7) is 0. The highest BCUT2D eigenvalue weighted by Gasteiger charge is 2.19. The largest absolute Gasteiger partial charge is 0.310 e. The van der Waals surface area contributed by atoms with Crippen LogP contribution in [0.1, 0.15) is 23.3 Å². The van der Waals surface area contributed by atoms with Gasteiger partial charge in [-0.25, -0.2) is 0 Å². The van der Waals surface area contributed by atoms with Gasteiger partial charge in [0.15, 0.2) is 0 Å². The number of nitrogens with zero attached hydrogens (tertiary/aromatic N) is 2. The molecule has 0 atom stereocenters. The summed E-state index contributed by atoms with van der Waals surface area (Å²) in [6, 6.07) is 40.0. The van der Waals surface area contributed by atoms with Crippen molar-refractivity contribution >= 4 is 80.8 Å². The van der Waals surface area contributed by atoms with Crippen LogP contribution in [0.2, 0.25) is 0 Å². The predicted octanol–water partition coefficient (Wildman–Crippen LogP) is 11.8. The summed E-state index contributed by atoms with van der Waals surface area (Å²) in [4.78, 5) is 8.71. The van der Waals surface area contributed by atoms with Gasteiger partial charge in [0, 0.05) is 64.8 Å². The van der Waals surface area contributed by atoms with Gasteiger partial charge in [-0.1, -0.05) is 60.7 Å². The summed E-state index contributed by atoms with van der Waals surface area (Å²) in [7, 11) is 0. The molecule has 0 saturated carbocycles. The lowest BCUT2D eigenvalue weighted by atomic mass is 9.96.